The van der Waals surface area contributed by atoms with Gasteiger partial charge in [-0.2, -0.15) is 0 Å². The normalized spacial score (nSPS) is 46.5. The smallest absolute Gasteiger partial charge is 0.0459 e. The Labute approximate surface area is 368 Å². The number of aliphatic hydroxyl groups is 2. The summed E-state index contributed by atoms with van der Waals surface area (Å²) >= 11 is 0. The molecule has 0 heterocycles. The van der Waals surface area contributed by atoms with E-state index in [-0.39, 0.29) is 0 Å². The van der Waals surface area contributed by atoms with Gasteiger partial charge in [-0.1, -0.05) is 114 Å². The molecule has 0 saturated heterocycles. The van der Waals surface area contributed by atoms with Crippen molar-refractivity contribution in [2.75, 3.05) is 13.2 Å². The van der Waals surface area contributed by atoms with Crippen molar-refractivity contribution in [2.45, 2.75) is 230 Å². The molecule has 59 heavy (non-hydrogen) atoms. The molecule has 7 unspecified atom stereocenters. The first kappa shape index (κ1) is 46.9. The van der Waals surface area contributed by atoms with Crippen LogP contribution in [0.4, 0.5) is 0 Å². The molecular weight excluding hydrogens is 717 g/mol. The van der Waals surface area contributed by atoms with Crippen molar-refractivity contribution in [1.82, 2.24) is 0 Å². The van der Waals surface area contributed by atoms with Crippen LogP contribution in [0.15, 0.2) is 0 Å². The molecule has 0 aromatic carbocycles. The number of rotatable bonds is 13. The second kappa shape index (κ2) is 19.2. The van der Waals surface area contributed by atoms with Gasteiger partial charge in [-0.3, -0.25) is 0 Å². The standard InChI is InChI=1S/C29H52O.C28H50O/c1-20(2)22(16-19-30)10-9-21(3)25-13-14-26-24-12-11-23-8-6-7-17-28(23,4)27(24)15-18-29(25,26)5;1-19(21(3)18-29)9-10-20(2)24-13-14-25-23-12-11-22-8-6-7-16-27(22,4)26(23)15-17-28(24,25)5/h20-27,30H,6-19H2,1-5H3;19-26,29H,6-18H2,1-5H3/t21?,22?,23?,24-,25+,26-,27-,28-,29+;19?,20?,21?,22?,23-,24+,25-,26-,27-,28+/m00/s1. The molecule has 8 fully saturated rings. The molecule has 2 heteroatoms. The molecule has 0 aromatic rings. The van der Waals surface area contributed by atoms with Gasteiger partial charge in [0.1, 0.15) is 0 Å². The van der Waals surface area contributed by atoms with Crippen LogP contribution in [-0.4, -0.2) is 23.4 Å². The van der Waals surface area contributed by atoms with E-state index >= 15 is 0 Å². The molecule has 0 spiro atoms. The van der Waals surface area contributed by atoms with Crippen LogP contribution in [0.5, 0.6) is 0 Å². The lowest BCUT2D eigenvalue weighted by molar-refractivity contribution is -0.114. The Morgan fingerprint density at radius 1 is 0.424 bits per heavy atom. The highest BCUT2D eigenvalue weighted by Gasteiger charge is 2.61. The first-order chi connectivity index (χ1) is 28.1. The molecule has 8 aliphatic rings. The van der Waals surface area contributed by atoms with Gasteiger partial charge in [0.05, 0.1) is 0 Å². The van der Waals surface area contributed by atoms with Gasteiger partial charge in [-0.05, 0) is 232 Å². The van der Waals surface area contributed by atoms with E-state index in [1.165, 1.54) is 128 Å². The minimum Gasteiger partial charge on any atom is -0.396 e. The maximum Gasteiger partial charge on any atom is 0.0459 e. The van der Waals surface area contributed by atoms with E-state index in [1.54, 1.807) is 25.7 Å². The Bertz CT molecular complexity index is 1320. The lowest BCUT2D eigenvalue weighted by atomic mass is 9.44. The summed E-state index contributed by atoms with van der Waals surface area (Å²) in [6, 6.07) is 0. The molecule has 19 atom stereocenters. The summed E-state index contributed by atoms with van der Waals surface area (Å²) in [5.41, 5.74) is 2.59. The summed E-state index contributed by atoms with van der Waals surface area (Å²) in [6.07, 6.45) is 36.8. The van der Waals surface area contributed by atoms with E-state index in [9.17, 15) is 10.2 Å². The third-order valence-electron chi connectivity index (χ3n) is 23.5. The first-order valence-corrected chi connectivity index (χ1v) is 27.3. The van der Waals surface area contributed by atoms with Crippen molar-refractivity contribution in [3.63, 3.8) is 0 Å². The highest BCUT2D eigenvalue weighted by Crippen LogP contribution is 2.70. The van der Waals surface area contributed by atoms with Gasteiger partial charge in [0.2, 0.25) is 0 Å². The third-order valence-corrected chi connectivity index (χ3v) is 23.5. The van der Waals surface area contributed by atoms with Crippen LogP contribution in [0.3, 0.4) is 0 Å². The summed E-state index contributed by atoms with van der Waals surface area (Å²) in [6.45, 7) is 26.0. The van der Waals surface area contributed by atoms with Crippen molar-refractivity contribution in [3.8, 4) is 0 Å². The van der Waals surface area contributed by atoms with Crippen LogP contribution in [0.1, 0.15) is 230 Å². The first-order valence-electron chi connectivity index (χ1n) is 27.3. The monoisotopic (exact) mass is 819 g/mol. The third kappa shape index (κ3) is 8.87. The average Bonchev–Trinajstić information content (AvgIpc) is 3.77. The Balaban J connectivity index is 0.000000179. The molecule has 8 rings (SSSR count). The van der Waals surface area contributed by atoms with Gasteiger partial charge >= 0.3 is 0 Å². The largest absolute Gasteiger partial charge is 0.396 e. The SMILES string of the molecule is CC(C)C(CCO)CCC(C)[C@H]1CC[C@H]2[C@@H]3CCC4CCCC[C@]4(C)[C@H]3CC[C@]12C.CC(CO)C(C)CCC(C)[C@H]1CC[C@H]2[C@@H]3CCC4CCCC[C@]4(C)[C@H]3CC[C@]12C. The molecule has 2 nitrogen and oxygen atoms in total. The second-order valence-corrected chi connectivity index (χ2v) is 26.0. The number of hydrogen-bond acceptors (Lipinski definition) is 2. The summed E-state index contributed by atoms with van der Waals surface area (Å²) < 4.78 is 0. The second-order valence-electron chi connectivity index (χ2n) is 26.0. The summed E-state index contributed by atoms with van der Waals surface area (Å²) in [5.74, 6) is 14.4. The molecule has 0 aliphatic heterocycles. The van der Waals surface area contributed by atoms with E-state index in [0.29, 0.717) is 58.5 Å². The van der Waals surface area contributed by atoms with Crippen molar-refractivity contribution in [3.05, 3.63) is 0 Å². The summed E-state index contributed by atoms with van der Waals surface area (Å²) in [5, 5.41) is 19.0. The zero-order valence-electron chi connectivity index (χ0n) is 41.2. The maximum atomic E-state index is 9.49. The summed E-state index contributed by atoms with van der Waals surface area (Å²) in [4.78, 5) is 0. The van der Waals surface area contributed by atoms with Crippen molar-refractivity contribution >= 4 is 0 Å². The van der Waals surface area contributed by atoms with Crippen molar-refractivity contribution in [2.24, 2.45) is 116 Å². The molecular formula is C57H102O2. The predicted octanol–water partition coefficient (Wildman–Crippen LogP) is 15.8. The van der Waals surface area contributed by atoms with E-state index in [2.05, 4.69) is 69.2 Å². The highest BCUT2D eigenvalue weighted by molar-refractivity contribution is 5.11. The van der Waals surface area contributed by atoms with Crippen LogP contribution in [0.2, 0.25) is 0 Å². The number of fused-ring (bicyclic) bond motifs is 10. The fraction of sp³-hybridized carbons (Fsp3) is 1.00. The molecule has 8 aliphatic carbocycles. The van der Waals surface area contributed by atoms with Crippen LogP contribution in [-0.2, 0) is 0 Å². The Morgan fingerprint density at radius 3 is 1.32 bits per heavy atom. The Hall–Kier alpha value is -0.0800. The number of aliphatic hydroxyl groups excluding tert-OH is 2. The van der Waals surface area contributed by atoms with E-state index < -0.39 is 0 Å². The van der Waals surface area contributed by atoms with Crippen molar-refractivity contribution < 1.29 is 10.2 Å². The topological polar surface area (TPSA) is 40.5 Å². The van der Waals surface area contributed by atoms with E-state index in [1.807, 2.05) is 0 Å². The highest BCUT2D eigenvalue weighted by atomic mass is 16.3. The molecule has 8 saturated carbocycles. The van der Waals surface area contributed by atoms with Crippen molar-refractivity contribution in [1.29, 1.82) is 0 Å². The average molecular weight is 819 g/mol. The predicted molar refractivity (Wildman–Crippen MR) is 252 cm³/mol. The maximum absolute atomic E-state index is 9.49. The minimum absolute atomic E-state index is 0.349. The summed E-state index contributed by atoms with van der Waals surface area (Å²) in [7, 11) is 0. The van der Waals surface area contributed by atoms with Gasteiger partial charge in [-0.15, -0.1) is 0 Å². The van der Waals surface area contributed by atoms with Crippen LogP contribution < -0.4 is 0 Å². The molecule has 0 aromatic heterocycles. The molecule has 0 radical (unpaired) electrons. The van der Waals surface area contributed by atoms with E-state index in [0.717, 1.165) is 77.4 Å². The van der Waals surface area contributed by atoms with Crippen LogP contribution >= 0.6 is 0 Å². The van der Waals surface area contributed by atoms with Crippen LogP contribution in [0.25, 0.3) is 0 Å². The molecule has 2 N–H and O–H groups in total. The Kier molecular flexibility index (Phi) is 15.2. The van der Waals surface area contributed by atoms with Gasteiger partial charge in [-0.25, -0.2) is 0 Å². The van der Waals surface area contributed by atoms with E-state index in [4.69, 9.17) is 0 Å². The lowest BCUT2D eigenvalue weighted by Gasteiger charge is -2.61. The van der Waals surface area contributed by atoms with Gasteiger partial charge in [0, 0.05) is 13.2 Å². The minimum atomic E-state index is 0.349. The van der Waals surface area contributed by atoms with Gasteiger partial charge in [0.15, 0.2) is 0 Å². The Morgan fingerprint density at radius 2 is 0.881 bits per heavy atom. The fourth-order valence-corrected chi connectivity index (χ4v) is 19.4. The van der Waals surface area contributed by atoms with Crippen LogP contribution in [0, 0.1) is 116 Å². The van der Waals surface area contributed by atoms with Gasteiger partial charge in [0.25, 0.3) is 0 Å². The quantitative estimate of drug-likeness (QED) is 0.194. The fourth-order valence-electron chi connectivity index (χ4n) is 19.4. The number of hydrogen-bond donors (Lipinski definition) is 2. The molecule has 0 bridgehead atoms. The lowest BCUT2D eigenvalue weighted by Crippen LogP contribution is -2.53. The molecule has 342 valence electrons. The zero-order chi connectivity index (χ0) is 42.3. The molecule has 0 amide bonds. The zero-order valence-corrected chi connectivity index (χ0v) is 41.2. The van der Waals surface area contributed by atoms with Gasteiger partial charge < -0.3 is 10.2 Å².